The Labute approximate surface area is 209 Å². The first kappa shape index (κ1) is 26.7. The van der Waals surface area contributed by atoms with Crippen molar-refractivity contribution in [3.8, 4) is 6.07 Å². The number of fused-ring (bicyclic) bond motifs is 1. The number of nitriles is 1. The fraction of sp³-hybridized carbons (Fsp3) is 0.480. The van der Waals surface area contributed by atoms with E-state index in [2.05, 4.69) is 16.0 Å². The number of pyridine rings is 1. The number of aromatic nitrogens is 1. The largest absolute Gasteiger partial charge is 0.460 e. The smallest absolute Gasteiger partial charge is 0.414 e. The zero-order valence-corrected chi connectivity index (χ0v) is 20.9. The maximum absolute atomic E-state index is 13.3. The molecule has 0 aromatic carbocycles. The van der Waals surface area contributed by atoms with Crippen molar-refractivity contribution < 1.29 is 28.2 Å². The minimum atomic E-state index is -0.760. The van der Waals surface area contributed by atoms with Gasteiger partial charge in [-0.15, -0.1) is 0 Å². The number of anilines is 1. The van der Waals surface area contributed by atoms with Gasteiger partial charge in [-0.2, -0.15) is 5.26 Å². The lowest BCUT2D eigenvalue weighted by molar-refractivity contribution is 0.00465. The van der Waals surface area contributed by atoms with Gasteiger partial charge in [0.05, 0.1) is 30.6 Å². The van der Waals surface area contributed by atoms with E-state index in [-0.39, 0.29) is 59.2 Å². The molecular weight excluding hydrogens is 466 g/mol. The summed E-state index contributed by atoms with van der Waals surface area (Å²) in [5, 5.41) is 9.75. The van der Waals surface area contributed by atoms with E-state index in [9.17, 15) is 14.9 Å². The van der Waals surface area contributed by atoms with E-state index in [0.717, 1.165) is 6.42 Å². The van der Waals surface area contributed by atoms with Gasteiger partial charge in [0.25, 0.3) is 0 Å². The molecule has 1 aliphatic rings. The first-order chi connectivity index (χ1) is 17.4. The Morgan fingerprint density at radius 1 is 1.33 bits per heavy atom. The average molecular weight is 498 g/mol. The van der Waals surface area contributed by atoms with Crippen LogP contribution < -0.4 is 10.6 Å². The van der Waals surface area contributed by atoms with Crippen molar-refractivity contribution >= 4 is 40.6 Å². The lowest BCUT2D eigenvalue weighted by atomic mass is 9.99. The summed E-state index contributed by atoms with van der Waals surface area (Å²) in [5.41, 5.74) is 7.04. The second-order valence-corrected chi connectivity index (χ2v) is 8.00. The number of hydrogen-bond donors (Lipinski definition) is 1. The van der Waals surface area contributed by atoms with Gasteiger partial charge in [0.2, 0.25) is 5.76 Å². The summed E-state index contributed by atoms with van der Waals surface area (Å²) in [5.74, 6) is -0.959. The number of nitrogens with zero attached hydrogens (tertiary/aromatic N) is 4. The van der Waals surface area contributed by atoms with Gasteiger partial charge >= 0.3 is 12.1 Å². The highest BCUT2D eigenvalue weighted by Crippen LogP contribution is 2.39. The second kappa shape index (κ2) is 12.2. The molecule has 3 rings (SSSR count). The SMILES string of the molecule is CCOC(=O)c1oc2cc(C#N)c(/C(C=NC)=C/N)nc2c1N(C(=O)OCC)C1CCOC(CC)C1. The molecule has 11 nitrogen and oxygen atoms in total. The van der Waals surface area contributed by atoms with Gasteiger partial charge in [-0.1, -0.05) is 6.92 Å². The van der Waals surface area contributed by atoms with Crippen molar-refractivity contribution in [3.05, 3.63) is 29.3 Å². The standard InChI is InChI=1S/C25H31N5O6/c1-5-18-11-17(8-9-35-18)30(25(32)34-7-3)22-21-19(36-23(22)24(31)33-6-2)10-15(12-26)20(29-21)16(13-27)14-28-4/h10,13-14,17-18H,5-9,11,27H2,1-4H3/b16-13+,28-14?. The summed E-state index contributed by atoms with van der Waals surface area (Å²) in [4.78, 5) is 36.4. The number of esters is 1. The summed E-state index contributed by atoms with van der Waals surface area (Å²) in [6.07, 6.45) is 3.85. The zero-order valence-electron chi connectivity index (χ0n) is 20.9. The lowest BCUT2D eigenvalue weighted by Crippen LogP contribution is -2.46. The molecule has 0 aliphatic carbocycles. The number of ether oxygens (including phenoxy) is 3. The number of hydrogen-bond acceptors (Lipinski definition) is 10. The van der Waals surface area contributed by atoms with Crippen LogP contribution in [0.1, 0.15) is 61.8 Å². The number of carbonyl (C=O) groups excluding carboxylic acids is 2. The van der Waals surface area contributed by atoms with Gasteiger partial charge in [-0.05, 0) is 33.1 Å². The van der Waals surface area contributed by atoms with Crippen LogP contribution in [0.2, 0.25) is 0 Å². The Balaban J connectivity index is 2.34. The topological polar surface area (TPSA) is 153 Å². The molecule has 2 N–H and O–H groups in total. The van der Waals surface area contributed by atoms with Crippen LogP contribution >= 0.6 is 0 Å². The number of nitrogens with two attached hydrogens (primary N) is 1. The quantitative estimate of drug-likeness (QED) is 0.424. The van der Waals surface area contributed by atoms with Crippen LogP contribution in [0, 0.1) is 11.3 Å². The van der Waals surface area contributed by atoms with Crippen LogP contribution in [-0.2, 0) is 14.2 Å². The molecule has 1 aliphatic heterocycles. The molecular formula is C25H31N5O6. The van der Waals surface area contributed by atoms with Gasteiger partial charge in [-0.3, -0.25) is 9.89 Å². The van der Waals surface area contributed by atoms with E-state index < -0.39 is 12.1 Å². The van der Waals surface area contributed by atoms with Gasteiger partial charge in [0, 0.05) is 43.8 Å². The highest BCUT2D eigenvalue weighted by molar-refractivity contribution is 6.12. The lowest BCUT2D eigenvalue weighted by Gasteiger charge is -2.36. The van der Waals surface area contributed by atoms with Gasteiger partial charge < -0.3 is 24.4 Å². The molecule has 2 aromatic rings. The predicted octanol–water partition coefficient (Wildman–Crippen LogP) is 3.80. The molecule has 1 saturated heterocycles. The summed E-state index contributed by atoms with van der Waals surface area (Å²) >= 11 is 0. The molecule has 11 heteroatoms. The maximum Gasteiger partial charge on any atom is 0.414 e. The first-order valence-corrected chi connectivity index (χ1v) is 11.9. The molecule has 2 aromatic heterocycles. The van der Waals surface area contributed by atoms with Crippen molar-refractivity contribution in [1.82, 2.24) is 4.98 Å². The molecule has 0 saturated carbocycles. The number of carbonyl (C=O) groups is 2. The van der Waals surface area contributed by atoms with E-state index in [4.69, 9.17) is 24.4 Å². The number of aliphatic imine (C=N–C) groups is 1. The summed E-state index contributed by atoms with van der Waals surface area (Å²) < 4.78 is 22.3. The normalized spacial score (nSPS) is 18.2. The number of furan rings is 1. The Kier molecular flexibility index (Phi) is 9.02. The van der Waals surface area contributed by atoms with E-state index >= 15 is 0 Å². The highest BCUT2D eigenvalue weighted by Gasteiger charge is 2.38. The van der Waals surface area contributed by atoms with Gasteiger partial charge in [-0.25, -0.2) is 14.6 Å². The van der Waals surface area contributed by atoms with Crippen LogP contribution in [-0.4, -0.2) is 62.3 Å². The third-order valence-electron chi connectivity index (χ3n) is 5.81. The van der Waals surface area contributed by atoms with Crippen LogP contribution in [0.15, 0.2) is 21.7 Å². The first-order valence-electron chi connectivity index (χ1n) is 11.9. The van der Waals surface area contributed by atoms with E-state index in [1.165, 1.54) is 23.4 Å². The van der Waals surface area contributed by atoms with Crippen molar-refractivity contribution in [2.24, 2.45) is 10.7 Å². The highest BCUT2D eigenvalue weighted by atomic mass is 16.6. The van der Waals surface area contributed by atoms with Crippen LogP contribution in [0.4, 0.5) is 10.5 Å². The Bertz CT molecular complexity index is 1210. The number of allylic oxidation sites excluding steroid dienone is 1. The Morgan fingerprint density at radius 3 is 2.69 bits per heavy atom. The molecule has 36 heavy (non-hydrogen) atoms. The molecule has 1 amide bonds. The average Bonchev–Trinajstić information content (AvgIpc) is 3.25. The zero-order chi connectivity index (χ0) is 26.2. The van der Waals surface area contributed by atoms with Crippen molar-refractivity contribution in [3.63, 3.8) is 0 Å². The minimum absolute atomic E-state index is 0.0638. The monoisotopic (exact) mass is 497 g/mol. The van der Waals surface area contributed by atoms with E-state index in [0.29, 0.717) is 25.0 Å². The number of amides is 1. The van der Waals surface area contributed by atoms with Gasteiger partial charge in [0.1, 0.15) is 17.3 Å². The molecule has 1 fully saturated rings. The fourth-order valence-corrected chi connectivity index (χ4v) is 4.19. The number of rotatable bonds is 8. The van der Waals surface area contributed by atoms with Crippen LogP contribution in [0.3, 0.4) is 0 Å². The second-order valence-electron chi connectivity index (χ2n) is 8.00. The molecule has 0 radical (unpaired) electrons. The van der Waals surface area contributed by atoms with E-state index in [1.807, 2.05) is 6.92 Å². The summed E-state index contributed by atoms with van der Waals surface area (Å²) in [6.45, 7) is 6.04. The van der Waals surface area contributed by atoms with Crippen LogP contribution in [0.5, 0.6) is 0 Å². The fourth-order valence-electron chi connectivity index (χ4n) is 4.19. The molecule has 2 atom stereocenters. The maximum atomic E-state index is 13.3. The van der Waals surface area contributed by atoms with E-state index in [1.54, 1.807) is 20.9 Å². The Morgan fingerprint density at radius 2 is 2.08 bits per heavy atom. The minimum Gasteiger partial charge on any atom is -0.460 e. The predicted molar refractivity (Wildman–Crippen MR) is 134 cm³/mol. The van der Waals surface area contributed by atoms with Crippen molar-refractivity contribution in [2.75, 3.05) is 31.8 Å². The molecule has 0 spiro atoms. The molecule has 192 valence electrons. The third kappa shape index (κ3) is 5.33. The third-order valence-corrected chi connectivity index (χ3v) is 5.81. The van der Waals surface area contributed by atoms with Crippen molar-refractivity contribution in [2.45, 2.75) is 52.2 Å². The van der Waals surface area contributed by atoms with Crippen molar-refractivity contribution in [1.29, 1.82) is 5.26 Å². The summed E-state index contributed by atoms with van der Waals surface area (Å²) in [6, 6.07) is 3.18. The Hall–Kier alpha value is -3.91. The molecule has 0 bridgehead atoms. The summed E-state index contributed by atoms with van der Waals surface area (Å²) in [7, 11) is 1.56. The van der Waals surface area contributed by atoms with Crippen LogP contribution in [0.25, 0.3) is 16.7 Å². The molecule has 3 heterocycles. The van der Waals surface area contributed by atoms with Gasteiger partial charge in [0.15, 0.2) is 5.58 Å². The molecule has 2 unspecified atom stereocenters.